The van der Waals surface area contributed by atoms with E-state index in [0.717, 1.165) is 18.5 Å². The first-order valence-corrected chi connectivity index (χ1v) is 7.13. The second-order valence-electron chi connectivity index (χ2n) is 4.59. The molecular formula is C16H17Cl2N. The molecule has 0 aliphatic heterocycles. The van der Waals surface area contributed by atoms with E-state index in [-0.39, 0.29) is 0 Å². The quantitative estimate of drug-likeness (QED) is 0.787. The fourth-order valence-corrected chi connectivity index (χ4v) is 2.75. The first-order valence-electron chi connectivity index (χ1n) is 6.37. The van der Waals surface area contributed by atoms with Crippen molar-refractivity contribution >= 4 is 28.9 Å². The normalized spacial score (nSPS) is 10.5. The van der Waals surface area contributed by atoms with Crippen LogP contribution >= 0.6 is 23.2 Å². The zero-order valence-corrected chi connectivity index (χ0v) is 12.6. The molecule has 0 heterocycles. The number of rotatable bonds is 4. The summed E-state index contributed by atoms with van der Waals surface area (Å²) in [5.41, 5.74) is 4.88. The summed E-state index contributed by atoms with van der Waals surface area (Å²) in [5.74, 6) is 0. The summed E-state index contributed by atoms with van der Waals surface area (Å²) in [6, 6.07) is 12.0. The van der Waals surface area contributed by atoms with Crippen LogP contribution in [0.4, 0.5) is 5.69 Å². The number of nitrogens with one attached hydrogen (secondary N) is 1. The average Bonchev–Trinajstić information content (AvgIpc) is 2.36. The maximum atomic E-state index is 6.01. The number of hydrogen-bond acceptors (Lipinski definition) is 1. The van der Waals surface area contributed by atoms with Gasteiger partial charge in [-0.05, 0) is 48.2 Å². The Morgan fingerprint density at radius 1 is 1.05 bits per heavy atom. The van der Waals surface area contributed by atoms with E-state index in [2.05, 4.69) is 37.4 Å². The maximum absolute atomic E-state index is 6.01. The Labute approximate surface area is 124 Å². The first kappa shape index (κ1) is 14.2. The second kappa shape index (κ2) is 6.31. The SMILES string of the molecule is CCc1cccc(C)c1NCc1cc(Cl)cc(Cl)c1. The summed E-state index contributed by atoms with van der Waals surface area (Å²) in [4.78, 5) is 0. The minimum absolute atomic E-state index is 0.671. The molecule has 2 rings (SSSR count). The predicted octanol–water partition coefficient (Wildman–Crippen LogP) is 5.48. The molecule has 3 heteroatoms. The largest absolute Gasteiger partial charge is 0.381 e. The van der Waals surface area contributed by atoms with Crippen LogP contribution in [-0.2, 0) is 13.0 Å². The van der Waals surface area contributed by atoms with Crippen molar-refractivity contribution in [2.75, 3.05) is 5.32 Å². The van der Waals surface area contributed by atoms with Crippen molar-refractivity contribution < 1.29 is 0 Å². The van der Waals surface area contributed by atoms with Crippen LogP contribution in [-0.4, -0.2) is 0 Å². The summed E-state index contributed by atoms with van der Waals surface area (Å²) < 4.78 is 0. The lowest BCUT2D eigenvalue weighted by Gasteiger charge is -2.14. The van der Waals surface area contributed by atoms with E-state index in [9.17, 15) is 0 Å². The highest BCUT2D eigenvalue weighted by Gasteiger charge is 2.04. The standard InChI is InChI=1S/C16H17Cl2N/c1-3-13-6-4-5-11(2)16(13)19-10-12-7-14(17)9-15(18)8-12/h4-9,19H,3,10H2,1-2H3. The molecule has 0 spiro atoms. The molecule has 0 aliphatic rings. The van der Waals surface area contributed by atoms with Crippen molar-refractivity contribution in [3.05, 3.63) is 63.1 Å². The molecule has 0 fully saturated rings. The third kappa shape index (κ3) is 3.65. The van der Waals surface area contributed by atoms with Crippen LogP contribution in [0.2, 0.25) is 10.0 Å². The molecule has 0 saturated heterocycles. The van der Waals surface area contributed by atoms with Gasteiger partial charge in [0.15, 0.2) is 0 Å². The zero-order chi connectivity index (χ0) is 13.8. The van der Waals surface area contributed by atoms with Crippen LogP contribution in [0.1, 0.15) is 23.6 Å². The van der Waals surface area contributed by atoms with E-state index >= 15 is 0 Å². The molecule has 19 heavy (non-hydrogen) atoms. The Hall–Kier alpha value is -1.18. The maximum Gasteiger partial charge on any atom is 0.0424 e. The Bertz CT molecular complexity index is 559. The van der Waals surface area contributed by atoms with Gasteiger partial charge in [-0.2, -0.15) is 0 Å². The highest BCUT2D eigenvalue weighted by Crippen LogP contribution is 2.23. The van der Waals surface area contributed by atoms with Gasteiger partial charge in [0.05, 0.1) is 0 Å². The van der Waals surface area contributed by atoms with Gasteiger partial charge in [0, 0.05) is 22.3 Å². The number of halogens is 2. The minimum Gasteiger partial charge on any atom is -0.381 e. The molecule has 0 atom stereocenters. The third-order valence-electron chi connectivity index (χ3n) is 3.13. The first-order chi connectivity index (χ1) is 9.10. The van der Waals surface area contributed by atoms with Gasteiger partial charge >= 0.3 is 0 Å². The van der Waals surface area contributed by atoms with Gasteiger partial charge in [-0.15, -0.1) is 0 Å². The van der Waals surface area contributed by atoms with Crippen molar-refractivity contribution in [3.8, 4) is 0 Å². The lowest BCUT2D eigenvalue weighted by molar-refractivity contribution is 1.08. The number of aryl methyl sites for hydroxylation is 2. The lowest BCUT2D eigenvalue weighted by atomic mass is 10.1. The Morgan fingerprint density at radius 2 is 1.74 bits per heavy atom. The molecule has 2 aromatic rings. The molecule has 1 N–H and O–H groups in total. The third-order valence-corrected chi connectivity index (χ3v) is 3.57. The number of para-hydroxylation sites is 1. The summed E-state index contributed by atoms with van der Waals surface area (Å²) in [6.45, 7) is 5.00. The predicted molar refractivity (Wildman–Crippen MR) is 84.3 cm³/mol. The van der Waals surface area contributed by atoms with E-state index in [4.69, 9.17) is 23.2 Å². The molecule has 0 saturated carbocycles. The van der Waals surface area contributed by atoms with Crippen LogP contribution in [0.3, 0.4) is 0 Å². The minimum atomic E-state index is 0.671. The number of anilines is 1. The van der Waals surface area contributed by atoms with Crippen LogP contribution in [0.5, 0.6) is 0 Å². The molecular weight excluding hydrogens is 277 g/mol. The Balaban J connectivity index is 2.18. The van der Waals surface area contributed by atoms with Gasteiger partial charge in [-0.1, -0.05) is 48.3 Å². The lowest BCUT2D eigenvalue weighted by Crippen LogP contribution is -2.04. The molecule has 0 radical (unpaired) electrons. The Morgan fingerprint density at radius 3 is 2.37 bits per heavy atom. The number of hydrogen-bond donors (Lipinski definition) is 1. The van der Waals surface area contributed by atoms with Gasteiger partial charge in [-0.3, -0.25) is 0 Å². The summed E-state index contributed by atoms with van der Waals surface area (Å²) in [6.07, 6.45) is 1.01. The van der Waals surface area contributed by atoms with Gasteiger partial charge in [0.1, 0.15) is 0 Å². The highest BCUT2D eigenvalue weighted by molar-refractivity contribution is 6.34. The van der Waals surface area contributed by atoms with E-state index in [0.29, 0.717) is 10.0 Å². The molecule has 0 aromatic heterocycles. The highest BCUT2D eigenvalue weighted by atomic mass is 35.5. The molecule has 2 aromatic carbocycles. The molecule has 0 bridgehead atoms. The molecule has 1 nitrogen and oxygen atoms in total. The van der Waals surface area contributed by atoms with Crippen molar-refractivity contribution in [3.63, 3.8) is 0 Å². The van der Waals surface area contributed by atoms with Crippen molar-refractivity contribution in [1.82, 2.24) is 0 Å². The van der Waals surface area contributed by atoms with Crippen molar-refractivity contribution in [2.45, 2.75) is 26.8 Å². The monoisotopic (exact) mass is 293 g/mol. The molecule has 100 valence electrons. The van der Waals surface area contributed by atoms with Crippen molar-refractivity contribution in [1.29, 1.82) is 0 Å². The van der Waals surface area contributed by atoms with Crippen molar-refractivity contribution in [2.24, 2.45) is 0 Å². The van der Waals surface area contributed by atoms with E-state index in [1.165, 1.54) is 16.8 Å². The molecule has 0 amide bonds. The summed E-state index contributed by atoms with van der Waals surface area (Å²) in [7, 11) is 0. The van der Waals surface area contributed by atoms with E-state index in [1.807, 2.05) is 12.1 Å². The van der Waals surface area contributed by atoms with Crippen LogP contribution in [0, 0.1) is 6.92 Å². The second-order valence-corrected chi connectivity index (χ2v) is 5.47. The average molecular weight is 294 g/mol. The van der Waals surface area contributed by atoms with Crippen LogP contribution in [0.15, 0.2) is 36.4 Å². The topological polar surface area (TPSA) is 12.0 Å². The van der Waals surface area contributed by atoms with Gasteiger partial charge in [0.25, 0.3) is 0 Å². The van der Waals surface area contributed by atoms with Gasteiger partial charge < -0.3 is 5.32 Å². The zero-order valence-electron chi connectivity index (χ0n) is 11.1. The van der Waals surface area contributed by atoms with Crippen LogP contribution in [0.25, 0.3) is 0 Å². The summed E-state index contributed by atoms with van der Waals surface area (Å²) >= 11 is 12.0. The van der Waals surface area contributed by atoms with E-state index < -0.39 is 0 Å². The summed E-state index contributed by atoms with van der Waals surface area (Å²) in [5, 5.41) is 4.83. The fraction of sp³-hybridized carbons (Fsp3) is 0.250. The van der Waals surface area contributed by atoms with Gasteiger partial charge in [-0.25, -0.2) is 0 Å². The molecule has 0 unspecified atom stereocenters. The molecule has 0 aliphatic carbocycles. The van der Waals surface area contributed by atoms with Gasteiger partial charge in [0.2, 0.25) is 0 Å². The Kier molecular flexibility index (Phi) is 4.73. The van der Waals surface area contributed by atoms with Crippen LogP contribution < -0.4 is 5.32 Å². The smallest absolute Gasteiger partial charge is 0.0424 e. The fourth-order valence-electron chi connectivity index (χ4n) is 2.18. The van der Waals surface area contributed by atoms with E-state index in [1.54, 1.807) is 6.07 Å². The number of benzene rings is 2.